The lowest BCUT2D eigenvalue weighted by atomic mass is 9.48. The van der Waals surface area contributed by atoms with Gasteiger partial charge in [0.05, 0.1) is 6.10 Å². The minimum atomic E-state index is -0.251. The van der Waals surface area contributed by atoms with E-state index in [1.165, 1.54) is 12.0 Å². The summed E-state index contributed by atoms with van der Waals surface area (Å²) in [6, 6.07) is 8.43. The third-order valence-electron chi connectivity index (χ3n) is 9.63. The van der Waals surface area contributed by atoms with E-state index in [4.69, 9.17) is 11.6 Å². The molecule has 0 radical (unpaired) electrons. The van der Waals surface area contributed by atoms with Crippen molar-refractivity contribution in [2.45, 2.75) is 64.5 Å². The van der Waals surface area contributed by atoms with E-state index in [2.05, 4.69) is 26.0 Å². The summed E-state index contributed by atoms with van der Waals surface area (Å²) in [7, 11) is 1.97. The highest BCUT2D eigenvalue weighted by Gasteiger charge is 2.62. The first-order chi connectivity index (χ1) is 14.2. The van der Waals surface area contributed by atoms with Crippen molar-refractivity contribution < 1.29 is 9.90 Å². The lowest BCUT2D eigenvalue weighted by molar-refractivity contribution is -0.140. The number of rotatable bonds is 2. The minimum Gasteiger partial charge on any atom is -0.392 e. The van der Waals surface area contributed by atoms with Crippen LogP contribution in [0, 0.1) is 34.5 Å². The van der Waals surface area contributed by atoms with Gasteiger partial charge in [0.2, 0.25) is 5.91 Å². The van der Waals surface area contributed by atoms with Crippen LogP contribution in [0.4, 0.5) is 0 Å². The maximum atomic E-state index is 12.3. The fourth-order valence-electron chi connectivity index (χ4n) is 8.05. The van der Waals surface area contributed by atoms with Crippen LogP contribution in [-0.4, -0.2) is 35.1 Å². The Morgan fingerprint density at radius 2 is 2.00 bits per heavy atom. The Morgan fingerprint density at radius 1 is 1.20 bits per heavy atom. The van der Waals surface area contributed by atoms with Gasteiger partial charge in [-0.3, -0.25) is 4.79 Å². The predicted octanol–water partition coefficient (Wildman–Crippen LogP) is 5.11. The Bertz CT molecular complexity index is 884. The summed E-state index contributed by atoms with van der Waals surface area (Å²) in [5, 5.41) is 12.2. The Hall–Kier alpha value is -1.32. The highest BCUT2D eigenvalue weighted by molar-refractivity contribution is 6.30. The quantitative estimate of drug-likeness (QED) is 0.712. The second kappa shape index (κ2) is 7.10. The number of nitrogens with zero attached hydrogens (tertiary/aromatic N) is 1. The molecule has 3 fully saturated rings. The third-order valence-corrected chi connectivity index (χ3v) is 9.87. The van der Waals surface area contributed by atoms with Crippen LogP contribution in [-0.2, 0) is 11.2 Å². The first-order valence-electron chi connectivity index (χ1n) is 11.6. The van der Waals surface area contributed by atoms with Crippen LogP contribution in [0.5, 0.6) is 0 Å². The summed E-state index contributed by atoms with van der Waals surface area (Å²) < 4.78 is 0. The zero-order chi connectivity index (χ0) is 21.3. The zero-order valence-electron chi connectivity index (χ0n) is 18.4. The third kappa shape index (κ3) is 2.92. The van der Waals surface area contributed by atoms with Gasteiger partial charge in [-0.2, -0.15) is 0 Å². The first-order valence-corrected chi connectivity index (χ1v) is 12.0. The van der Waals surface area contributed by atoms with E-state index in [-0.39, 0.29) is 22.8 Å². The van der Waals surface area contributed by atoms with E-state index < -0.39 is 0 Å². The van der Waals surface area contributed by atoms with Crippen LogP contribution in [0.1, 0.15) is 51.5 Å². The van der Waals surface area contributed by atoms with Crippen LogP contribution >= 0.6 is 11.6 Å². The van der Waals surface area contributed by atoms with Gasteiger partial charge in [0.1, 0.15) is 0 Å². The number of aliphatic hydroxyl groups is 1. The molecule has 4 heteroatoms. The molecule has 1 amide bonds. The number of carbonyl (C=O) groups excluding carboxylic acids is 1. The maximum Gasteiger partial charge on any atom is 0.246 e. The monoisotopic (exact) mass is 427 g/mol. The van der Waals surface area contributed by atoms with Crippen LogP contribution in [0.2, 0.25) is 5.02 Å². The van der Waals surface area contributed by atoms with E-state index in [9.17, 15) is 9.90 Å². The molecule has 1 aromatic carbocycles. The van der Waals surface area contributed by atoms with E-state index in [1.54, 1.807) is 6.08 Å². The van der Waals surface area contributed by atoms with Gasteiger partial charge in [-0.05, 0) is 91.4 Å². The van der Waals surface area contributed by atoms with Gasteiger partial charge in [-0.1, -0.05) is 43.7 Å². The summed E-state index contributed by atoms with van der Waals surface area (Å²) in [6.45, 7) is 4.72. The molecule has 1 heterocycles. The summed E-state index contributed by atoms with van der Waals surface area (Å²) in [5.41, 5.74) is 1.30. The SMILES string of the molecule is CN1C(=O)C=C[C@@]2(C)C1CC[C@@H]1[C@H]2CC[C@]2(C)C(O)C(Cc3cccc(Cl)c3)C[C@@H]12. The molecule has 3 unspecified atom stereocenters. The Kier molecular flexibility index (Phi) is 4.87. The standard InChI is InChI=1S/C26H34ClNO2/c1-25-12-10-23(29)28(3)22(25)8-7-19-20(25)9-11-26(2)21(19)15-17(24(26)30)13-16-5-4-6-18(27)14-16/h4-6,10,12,14,17,19-22,24,30H,7-9,11,13,15H2,1-3H3/t17?,19-,20-,21+,22?,24?,25-,26+/m1/s1. The van der Waals surface area contributed by atoms with Crippen molar-refractivity contribution in [3.63, 3.8) is 0 Å². The zero-order valence-corrected chi connectivity index (χ0v) is 19.1. The second-order valence-electron chi connectivity index (χ2n) is 10.9. The lowest BCUT2D eigenvalue weighted by Crippen LogP contribution is -2.59. The van der Waals surface area contributed by atoms with E-state index in [0.717, 1.165) is 37.1 Å². The molecule has 162 valence electrons. The lowest BCUT2D eigenvalue weighted by Gasteiger charge is -2.60. The summed E-state index contributed by atoms with van der Waals surface area (Å²) >= 11 is 6.21. The van der Waals surface area contributed by atoms with Gasteiger partial charge < -0.3 is 10.0 Å². The molecule has 1 aliphatic heterocycles. The molecule has 8 atom stereocenters. The average molecular weight is 428 g/mol. The Balaban J connectivity index is 1.42. The van der Waals surface area contributed by atoms with Gasteiger partial charge >= 0.3 is 0 Å². The fourth-order valence-corrected chi connectivity index (χ4v) is 8.27. The molecule has 3 aliphatic carbocycles. The molecule has 3 nitrogen and oxygen atoms in total. The smallest absolute Gasteiger partial charge is 0.246 e. The number of carbonyl (C=O) groups is 1. The van der Waals surface area contributed by atoms with Crippen molar-refractivity contribution in [1.82, 2.24) is 4.90 Å². The molecule has 0 saturated heterocycles. The van der Waals surface area contributed by atoms with Crippen molar-refractivity contribution in [2.75, 3.05) is 7.05 Å². The molecule has 4 aliphatic rings. The Morgan fingerprint density at radius 3 is 2.77 bits per heavy atom. The average Bonchev–Trinajstić information content (AvgIpc) is 2.96. The van der Waals surface area contributed by atoms with Gasteiger partial charge in [0.15, 0.2) is 0 Å². The van der Waals surface area contributed by atoms with Crippen molar-refractivity contribution in [3.8, 4) is 0 Å². The number of halogens is 1. The van der Waals surface area contributed by atoms with E-state index >= 15 is 0 Å². The maximum absolute atomic E-state index is 12.3. The minimum absolute atomic E-state index is 0.00765. The number of likely N-dealkylation sites (N-methyl/N-ethyl adjacent to an activating group) is 1. The molecule has 30 heavy (non-hydrogen) atoms. The second-order valence-corrected chi connectivity index (χ2v) is 11.4. The van der Waals surface area contributed by atoms with Crippen LogP contribution < -0.4 is 0 Å². The molecular formula is C26H34ClNO2. The number of aliphatic hydroxyl groups excluding tert-OH is 1. The van der Waals surface area contributed by atoms with Gasteiger partial charge in [0, 0.05) is 23.5 Å². The van der Waals surface area contributed by atoms with Crippen molar-refractivity contribution in [1.29, 1.82) is 0 Å². The van der Waals surface area contributed by atoms with Gasteiger partial charge in [-0.25, -0.2) is 0 Å². The van der Waals surface area contributed by atoms with Gasteiger partial charge in [0.25, 0.3) is 0 Å². The highest BCUT2D eigenvalue weighted by atomic mass is 35.5. The summed E-state index contributed by atoms with van der Waals surface area (Å²) in [4.78, 5) is 14.2. The van der Waals surface area contributed by atoms with Crippen LogP contribution in [0.3, 0.4) is 0 Å². The van der Waals surface area contributed by atoms with Crippen LogP contribution in [0.15, 0.2) is 36.4 Å². The van der Waals surface area contributed by atoms with E-state index in [0.29, 0.717) is 29.7 Å². The van der Waals surface area contributed by atoms with Crippen molar-refractivity contribution >= 4 is 17.5 Å². The Labute approximate surface area is 185 Å². The van der Waals surface area contributed by atoms with Crippen LogP contribution in [0.25, 0.3) is 0 Å². The number of benzene rings is 1. The van der Waals surface area contributed by atoms with Crippen molar-refractivity contribution in [2.24, 2.45) is 34.5 Å². The number of hydrogen-bond acceptors (Lipinski definition) is 2. The van der Waals surface area contributed by atoms with E-state index in [1.807, 2.05) is 30.1 Å². The largest absolute Gasteiger partial charge is 0.392 e. The fraction of sp³-hybridized carbons (Fsp3) is 0.654. The molecular weight excluding hydrogens is 394 g/mol. The van der Waals surface area contributed by atoms with Crippen molar-refractivity contribution in [3.05, 3.63) is 47.0 Å². The number of amides is 1. The number of fused-ring (bicyclic) bond motifs is 5. The molecule has 5 rings (SSSR count). The summed E-state index contributed by atoms with van der Waals surface area (Å²) in [6.07, 6.45) is 10.3. The predicted molar refractivity (Wildman–Crippen MR) is 120 cm³/mol. The molecule has 3 saturated carbocycles. The highest BCUT2D eigenvalue weighted by Crippen LogP contribution is 2.65. The summed E-state index contributed by atoms with van der Waals surface area (Å²) in [5.74, 6) is 2.24. The van der Waals surface area contributed by atoms with Gasteiger partial charge in [-0.15, -0.1) is 0 Å². The molecule has 0 bridgehead atoms. The normalized spacial score (nSPS) is 45.1. The molecule has 0 spiro atoms. The molecule has 0 aromatic heterocycles. The first kappa shape index (κ1) is 20.6. The molecule has 1 N–H and O–H groups in total. The topological polar surface area (TPSA) is 40.5 Å². The molecule has 1 aromatic rings. The number of hydrogen-bond donors (Lipinski definition) is 1.